The van der Waals surface area contributed by atoms with Crippen LogP contribution in [0.3, 0.4) is 0 Å². The molecule has 0 aromatic heterocycles. The molecule has 6 N–H and O–H groups in total. The van der Waals surface area contributed by atoms with E-state index in [9.17, 15) is 14.7 Å². The molecule has 0 saturated carbocycles. The van der Waals surface area contributed by atoms with Gasteiger partial charge in [0.1, 0.15) is 35.8 Å². The summed E-state index contributed by atoms with van der Waals surface area (Å²) in [6.45, 7) is 21.9. The summed E-state index contributed by atoms with van der Waals surface area (Å²) in [4.78, 5) is 31.7. The fourth-order valence-electron chi connectivity index (χ4n) is 8.48. The Hall–Kier alpha value is -5.66. The molecular formula is C54H59Cl2N4NaO7. The van der Waals surface area contributed by atoms with Crippen LogP contribution >= 0.6 is 0 Å². The first-order valence-electron chi connectivity index (χ1n) is 22.2. The van der Waals surface area contributed by atoms with Crippen molar-refractivity contribution in [3.63, 3.8) is 0 Å². The minimum atomic E-state index is -0.945. The number of hydrogen-bond acceptors (Lipinski definition) is 8. The van der Waals surface area contributed by atoms with Gasteiger partial charge >= 0.3 is 41.5 Å². The van der Waals surface area contributed by atoms with Crippen LogP contribution in [0.25, 0.3) is 66.8 Å². The van der Waals surface area contributed by atoms with E-state index in [0.29, 0.717) is 17.7 Å². The van der Waals surface area contributed by atoms with Gasteiger partial charge in [0, 0.05) is 80.8 Å². The molecule has 0 spiro atoms. The van der Waals surface area contributed by atoms with Crippen molar-refractivity contribution < 1.29 is 98.1 Å². The van der Waals surface area contributed by atoms with Crippen molar-refractivity contribution in [1.82, 2.24) is 0 Å². The fourth-order valence-corrected chi connectivity index (χ4v) is 8.48. The standard InChI is InChI=1S/C28H30N2O3.C26H26N2O3.2ClH.Na.H2O/c1-6-29-23-15-25-21(13-17(23)4)27(19-11-9-10-12-20(19)28(31)32-8-3)22-14-18(5)24(30-7-2)16-26(22)33-25;1-5-27-21-13-23-19(11-15(21)3)25(17-9-7-8-10-18(17)26(29)30)20-12-16(4)22(28-6-2)14-24(20)31-23;;;;/h9-16,29H,6-8H2,1-5H3;7-14,27H,5-6H2,1-4H3,(H,29,30);2*1H;;1H2/q;;;;+1;/p-1. The SMILES string of the molecule is CCNc1cc2oc3cc(=[NH+]CC)c(C)cc-3c(-c3ccccc3C(=O)O)c2cc1C.CCNc1cc2oc3cc(=[NH+]CC)c(C)cc-3c(-c3ccccc3C(=O)OCC)c2cc1C.[Cl-].[Cl-].[Na+].[OH-]. The summed E-state index contributed by atoms with van der Waals surface area (Å²) in [5, 5.41) is 20.6. The van der Waals surface area contributed by atoms with Crippen LogP contribution in [0.1, 0.15) is 77.6 Å². The van der Waals surface area contributed by atoms with Crippen LogP contribution in [-0.4, -0.2) is 55.3 Å². The molecule has 0 fully saturated rings. The summed E-state index contributed by atoms with van der Waals surface area (Å²) in [7, 11) is 0. The number of anilines is 2. The maximum absolute atomic E-state index is 12.9. The summed E-state index contributed by atoms with van der Waals surface area (Å²) in [5.41, 5.74) is 14.0. The van der Waals surface area contributed by atoms with Gasteiger partial charge in [-0.1, -0.05) is 36.4 Å². The molecule has 0 saturated heterocycles. The van der Waals surface area contributed by atoms with Crippen LogP contribution in [0, 0.1) is 27.7 Å². The Morgan fingerprint density at radius 3 is 1.38 bits per heavy atom. The van der Waals surface area contributed by atoms with E-state index in [1.54, 1.807) is 12.1 Å². The molecule has 0 atom stereocenters. The molecule has 2 aliphatic carbocycles. The number of benzene rings is 6. The Balaban J connectivity index is 0.000000341. The van der Waals surface area contributed by atoms with E-state index in [2.05, 4.69) is 98.6 Å². The summed E-state index contributed by atoms with van der Waals surface area (Å²) < 4.78 is 18.2. The number of aryl methyl sites for hydroxylation is 4. The zero-order valence-electron chi connectivity index (χ0n) is 40.5. The number of hydrogen-bond donors (Lipinski definition) is 5. The largest absolute Gasteiger partial charge is 1.00 e. The molecule has 8 rings (SSSR count). The topological polar surface area (TPSA) is 172 Å². The summed E-state index contributed by atoms with van der Waals surface area (Å²) in [6.07, 6.45) is 0. The maximum atomic E-state index is 12.9. The van der Waals surface area contributed by atoms with Gasteiger partial charge in [-0.2, -0.15) is 0 Å². The summed E-state index contributed by atoms with van der Waals surface area (Å²) in [6, 6.07) is 31.4. The number of carboxylic acids is 1. The predicted octanol–water partition coefficient (Wildman–Crippen LogP) is -0.781. The van der Waals surface area contributed by atoms with E-state index in [1.807, 2.05) is 69.3 Å². The summed E-state index contributed by atoms with van der Waals surface area (Å²) in [5.74, 6) is 0.219. The van der Waals surface area contributed by atoms with E-state index in [0.717, 1.165) is 132 Å². The van der Waals surface area contributed by atoms with Crippen LogP contribution in [0.5, 0.6) is 0 Å². The Bertz CT molecular complexity index is 3150. The molecule has 0 amide bonds. The van der Waals surface area contributed by atoms with Crippen molar-refractivity contribution in [2.24, 2.45) is 0 Å². The van der Waals surface area contributed by atoms with Crippen molar-refractivity contribution >= 4 is 45.3 Å². The van der Waals surface area contributed by atoms with Gasteiger partial charge < -0.3 is 59.6 Å². The van der Waals surface area contributed by atoms with Crippen molar-refractivity contribution in [1.29, 1.82) is 0 Å². The minimum Gasteiger partial charge on any atom is -1.00 e. The monoisotopic (exact) mass is 968 g/mol. The molecule has 2 aliphatic heterocycles. The van der Waals surface area contributed by atoms with E-state index >= 15 is 0 Å². The number of fused-ring (bicyclic) bond motifs is 4. The third-order valence-electron chi connectivity index (χ3n) is 11.4. The van der Waals surface area contributed by atoms with E-state index in [-0.39, 0.29) is 71.4 Å². The van der Waals surface area contributed by atoms with Crippen LogP contribution in [-0.2, 0) is 4.74 Å². The van der Waals surface area contributed by atoms with Gasteiger partial charge in [-0.3, -0.25) is 0 Å². The molecule has 14 heteroatoms. The number of ether oxygens (including phenoxy) is 1. The first-order chi connectivity index (χ1) is 30.9. The number of carboxylic acid groups (broad SMARTS) is 1. The number of nitrogens with one attached hydrogen (secondary N) is 4. The Kier molecular flexibility index (Phi) is 20.9. The second-order valence-corrected chi connectivity index (χ2v) is 15.8. The van der Waals surface area contributed by atoms with E-state index < -0.39 is 5.97 Å². The molecule has 4 aliphatic rings. The van der Waals surface area contributed by atoms with Gasteiger partial charge in [0.25, 0.3) is 0 Å². The quantitative estimate of drug-likeness (QED) is 0.0635. The zero-order chi connectivity index (χ0) is 45.7. The molecule has 352 valence electrons. The van der Waals surface area contributed by atoms with Gasteiger partial charge in [-0.05, 0) is 121 Å². The molecule has 2 heterocycles. The van der Waals surface area contributed by atoms with Crippen LogP contribution in [0.2, 0.25) is 0 Å². The average molecular weight is 970 g/mol. The number of esters is 1. The number of halogens is 2. The molecular weight excluding hydrogens is 911 g/mol. The molecule has 0 unspecified atom stereocenters. The first-order valence-corrected chi connectivity index (χ1v) is 22.2. The van der Waals surface area contributed by atoms with Gasteiger partial charge in [0.05, 0.1) is 29.9 Å². The van der Waals surface area contributed by atoms with Crippen LogP contribution in [0.15, 0.2) is 106 Å². The Labute approximate surface area is 432 Å². The van der Waals surface area contributed by atoms with Gasteiger partial charge in [0.2, 0.25) is 10.7 Å². The molecule has 4 aromatic carbocycles. The maximum Gasteiger partial charge on any atom is 1.00 e. The molecule has 0 bridgehead atoms. The van der Waals surface area contributed by atoms with Crippen molar-refractivity contribution in [2.45, 2.75) is 62.3 Å². The second-order valence-electron chi connectivity index (χ2n) is 15.8. The summed E-state index contributed by atoms with van der Waals surface area (Å²) >= 11 is 0. The van der Waals surface area contributed by atoms with E-state index in [1.165, 1.54) is 0 Å². The number of aromatic carboxylic acids is 1. The molecule has 11 nitrogen and oxygen atoms in total. The predicted molar refractivity (Wildman–Crippen MR) is 258 cm³/mol. The van der Waals surface area contributed by atoms with Crippen molar-refractivity contribution in [3.8, 4) is 44.9 Å². The van der Waals surface area contributed by atoms with Gasteiger partial charge in [-0.15, -0.1) is 0 Å². The van der Waals surface area contributed by atoms with Crippen molar-refractivity contribution in [3.05, 3.63) is 141 Å². The third-order valence-corrected chi connectivity index (χ3v) is 11.4. The number of rotatable bonds is 11. The van der Waals surface area contributed by atoms with Crippen LogP contribution < -0.4 is 85.7 Å². The second kappa shape index (κ2) is 25.1. The minimum absolute atomic E-state index is 0. The Morgan fingerprint density at radius 2 is 0.985 bits per heavy atom. The fraction of sp³-hybridized carbons (Fsp3) is 0.259. The number of carbonyl (C=O) groups is 2. The van der Waals surface area contributed by atoms with Gasteiger partial charge in [0.15, 0.2) is 0 Å². The van der Waals surface area contributed by atoms with Gasteiger partial charge in [-0.25, -0.2) is 19.6 Å². The Morgan fingerprint density at radius 1 is 0.574 bits per heavy atom. The zero-order valence-corrected chi connectivity index (χ0v) is 44.0. The third kappa shape index (κ3) is 11.6. The molecule has 0 radical (unpaired) electrons. The molecule has 68 heavy (non-hydrogen) atoms. The average Bonchev–Trinajstić information content (AvgIpc) is 3.27. The smallest absolute Gasteiger partial charge is 1.00 e. The number of carbonyl (C=O) groups excluding carboxylic acids is 1. The van der Waals surface area contributed by atoms with Crippen molar-refractivity contribution in [2.75, 3.05) is 43.4 Å². The van der Waals surface area contributed by atoms with E-state index in [4.69, 9.17) is 13.6 Å². The molecule has 4 aromatic rings. The van der Waals surface area contributed by atoms with Crippen LogP contribution in [0.4, 0.5) is 11.4 Å². The normalized spacial score (nSPS) is 11.2. The first kappa shape index (κ1) is 56.7.